The van der Waals surface area contributed by atoms with E-state index in [0.717, 1.165) is 60.1 Å². The summed E-state index contributed by atoms with van der Waals surface area (Å²) in [7, 11) is 0. The highest BCUT2D eigenvalue weighted by atomic mass is 16.5. The van der Waals surface area contributed by atoms with Crippen LogP contribution in [0.3, 0.4) is 0 Å². The second-order valence-corrected chi connectivity index (χ2v) is 16.9. The Morgan fingerprint density at radius 2 is 0.672 bits per heavy atom. The Kier molecular flexibility index (Phi) is 26.7. The molecule has 0 radical (unpaired) electrons. The summed E-state index contributed by atoms with van der Waals surface area (Å²) in [6.45, 7) is 6.01. The summed E-state index contributed by atoms with van der Waals surface area (Å²) in [4.78, 5) is 34.0. The number of unbranched alkanes of at least 4 members (excludes halogenated alkanes) is 19. The number of esters is 2. The van der Waals surface area contributed by atoms with Gasteiger partial charge in [-0.2, -0.15) is 0 Å². The van der Waals surface area contributed by atoms with Gasteiger partial charge in [-0.1, -0.05) is 129 Å². The standard InChI is InChI=1S/C56H76N2O6/c1-3-5-7-9-11-13-15-17-19-23-43-61-51-39-31-49(32-40-51)57-45-47-27-35-53(36-28-47)63-55(59)25-21-22-26-56(60)64-54-37-29-48(30-38-54)46-58-50-33-41-52(42-34-50)62-44-24-20-18-16-14-12-10-8-6-4-2/h27-42,45-46H,3-26,43-44H2,1-2H3. The average molecular weight is 873 g/mol. The first kappa shape index (κ1) is 51.4. The third kappa shape index (κ3) is 24.0. The Morgan fingerprint density at radius 1 is 0.375 bits per heavy atom. The van der Waals surface area contributed by atoms with Crippen LogP contribution in [0.25, 0.3) is 0 Å². The first-order chi connectivity index (χ1) is 31.5. The van der Waals surface area contributed by atoms with Crippen molar-refractivity contribution in [1.82, 2.24) is 0 Å². The van der Waals surface area contributed by atoms with Gasteiger partial charge in [0.2, 0.25) is 0 Å². The number of benzene rings is 4. The van der Waals surface area contributed by atoms with Gasteiger partial charge >= 0.3 is 11.9 Å². The van der Waals surface area contributed by atoms with Gasteiger partial charge in [0.15, 0.2) is 0 Å². The Labute approximate surface area is 385 Å². The van der Waals surface area contributed by atoms with Crippen LogP contribution in [0, 0.1) is 0 Å². The van der Waals surface area contributed by atoms with E-state index >= 15 is 0 Å². The molecule has 0 saturated heterocycles. The Morgan fingerprint density at radius 3 is 1.00 bits per heavy atom. The summed E-state index contributed by atoms with van der Waals surface area (Å²) in [5.41, 5.74) is 3.46. The molecule has 8 heteroatoms. The van der Waals surface area contributed by atoms with Crippen LogP contribution in [0.15, 0.2) is 107 Å². The molecule has 346 valence electrons. The van der Waals surface area contributed by atoms with Crippen molar-refractivity contribution in [3.63, 3.8) is 0 Å². The zero-order chi connectivity index (χ0) is 45.1. The fraction of sp³-hybridized carbons (Fsp3) is 0.500. The molecule has 0 bridgehead atoms. The molecule has 0 amide bonds. The van der Waals surface area contributed by atoms with E-state index in [1.807, 2.05) is 72.8 Å². The first-order valence-electron chi connectivity index (χ1n) is 24.7. The molecular weight excluding hydrogens is 797 g/mol. The van der Waals surface area contributed by atoms with Gasteiger partial charge in [0.25, 0.3) is 0 Å². The molecule has 0 aliphatic heterocycles. The van der Waals surface area contributed by atoms with Gasteiger partial charge in [0, 0.05) is 25.3 Å². The molecule has 0 unspecified atom stereocenters. The Bertz CT molecular complexity index is 1730. The summed E-state index contributed by atoms with van der Waals surface area (Å²) >= 11 is 0. The summed E-state index contributed by atoms with van der Waals surface area (Å²) in [6.07, 6.45) is 31.2. The van der Waals surface area contributed by atoms with Crippen molar-refractivity contribution in [1.29, 1.82) is 0 Å². The van der Waals surface area contributed by atoms with Gasteiger partial charge < -0.3 is 18.9 Å². The number of carbonyl (C=O) groups excluding carboxylic acids is 2. The van der Waals surface area contributed by atoms with E-state index in [-0.39, 0.29) is 24.8 Å². The maximum Gasteiger partial charge on any atom is 0.311 e. The number of aliphatic imine (C=N–C) groups is 2. The number of hydrogen-bond donors (Lipinski definition) is 0. The molecule has 0 spiro atoms. The van der Waals surface area contributed by atoms with Crippen LogP contribution in [-0.2, 0) is 9.59 Å². The van der Waals surface area contributed by atoms with Gasteiger partial charge in [0.1, 0.15) is 23.0 Å². The van der Waals surface area contributed by atoms with Crippen LogP contribution in [-0.4, -0.2) is 37.6 Å². The quantitative estimate of drug-likeness (QED) is 0.0198. The van der Waals surface area contributed by atoms with E-state index in [4.69, 9.17) is 18.9 Å². The van der Waals surface area contributed by atoms with Crippen LogP contribution in [0.1, 0.15) is 179 Å². The molecule has 0 saturated carbocycles. The number of carbonyl (C=O) groups is 2. The maximum atomic E-state index is 12.5. The predicted molar refractivity (Wildman–Crippen MR) is 265 cm³/mol. The molecule has 0 fully saturated rings. The Balaban J connectivity index is 1.01. The molecule has 0 N–H and O–H groups in total. The van der Waals surface area contributed by atoms with Gasteiger partial charge in [-0.25, -0.2) is 0 Å². The van der Waals surface area contributed by atoms with Crippen molar-refractivity contribution in [3.05, 3.63) is 108 Å². The lowest BCUT2D eigenvalue weighted by Gasteiger charge is -2.07. The second kappa shape index (κ2) is 33.3. The topological polar surface area (TPSA) is 95.8 Å². The highest BCUT2D eigenvalue weighted by Crippen LogP contribution is 2.22. The van der Waals surface area contributed by atoms with Crippen LogP contribution in [0.5, 0.6) is 23.0 Å². The van der Waals surface area contributed by atoms with E-state index in [1.54, 1.807) is 36.7 Å². The molecule has 4 aromatic carbocycles. The normalized spacial score (nSPS) is 11.3. The molecule has 0 atom stereocenters. The van der Waals surface area contributed by atoms with Crippen molar-refractivity contribution in [2.45, 2.75) is 168 Å². The zero-order valence-electron chi connectivity index (χ0n) is 39.1. The van der Waals surface area contributed by atoms with Crippen molar-refractivity contribution in [2.75, 3.05) is 13.2 Å². The SMILES string of the molecule is CCCCCCCCCCCCOc1ccc(N=Cc2ccc(OC(=O)CCCCC(=O)Oc3ccc(C=Nc4ccc(OCCCCCCCCCCCC)cc4)cc3)cc2)cc1. The molecule has 0 heterocycles. The highest BCUT2D eigenvalue weighted by molar-refractivity contribution is 5.83. The van der Waals surface area contributed by atoms with Gasteiger partial charge in [-0.15, -0.1) is 0 Å². The minimum atomic E-state index is -0.341. The van der Waals surface area contributed by atoms with Crippen molar-refractivity contribution in [3.8, 4) is 23.0 Å². The summed E-state index contributed by atoms with van der Waals surface area (Å²) in [6, 6.07) is 30.1. The Hall–Kier alpha value is -5.24. The lowest BCUT2D eigenvalue weighted by molar-refractivity contribution is -0.136. The predicted octanol–water partition coefficient (Wildman–Crippen LogP) is 15.9. The van der Waals surface area contributed by atoms with Crippen molar-refractivity contribution in [2.24, 2.45) is 9.98 Å². The van der Waals surface area contributed by atoms with Gasteiger partial charge in [-0.3, -0.25) is 19.6 Å². The van der Waals surface area contributed by atoms with Gasteiger partial charge in [0.05, 0.1) is 24.6 Å². The summed E-state index contributed by atoms with van der Waals surface area (Å²) in [5.74, 6) is 1.98. The maximum absolute atomic E-state index is 12.5. The first-order valence-corrected chi connectivity index (χ1v) is 24.7. The number of rotatable bonds is 35. The zero-order valence-corrected chi connectivity index (χ0v) is 39.1. The molecule has 0 aliphatic carbocycles. The fourth-order valence-electron chi connectivity index (χ4n) is 7.26. The number of ether oxygens (including phenoxy) is 4. The molecule has 0 aromatic heterocycles. The molecule has 64 heavy (non-hydrogen) atoms. The van der Waals surface area contributed by atoms with Gasteiger partial charge in [-0.05, 0) is 134 Å². The van der Waals surface area contributed by atoms with E-state index in [1.165, 1.54) is 116 Å². The average Bonchev–Trinajstić information content (AvgIpc) is 3.31. The summed E-state index contributed by atoms with van der Waals surface area (Å²) in [5, 5.41) is 0. The molecule has 0 aliphatic rings. The third-order valence-electron chi connectivity index (χ3n) is 11.2. The molecule has 4 aromatic rings. The third-order valence-corrected chi connectivity index (χ3v) is 11.2. The van der Waals surface area contributed by atoms with E-state index in [2.05, 4.69) is 23.8 Å². The van der Waals surface area contributed by atoms with Crippen LogP contribution in [0.2, 0.25) is 0 Å². The minimum Gasteiger partial charge on any atom is -0.494 e. The van der Waals surface area contributed by atoms with Crippen molar-refractivity contribution >= 4 is 35.7 Å². The van der Waals surface area contributed by atoms with Crippen molar-refractivity contribution < 1.29 is 28.5 Å². The summed E-state index contributed by atoms with van der Waals surface area (Å²) < 4.78 is 22.9. The number of hydrogen-bond acceptors (Lipinski definition) is 8. The molecular formula is C56H76N2O6. The second-order valence-electron chi connectivity index (χ2n) is 16.9. The van der Waals surface area contributed by atoms with E-state index in [9.17, 15) is 9.59 Å². The lowest BCUT2D eigenvalue weighted by atomic mass is 10.1. The lowest BCUT2D eigenvalue weighted by Crippen LogP contribution is -2.10. The largest absolute Gasteiger partial charge is 0.494 e. The smallest absolute Gasteiger partial charge is 0.311 e. The van der Waals surface area contributed by atoms with E-state index < -0.39 is 0 Å². The van der Waals surface area contributed by atoms with Crippen LogP contribution in [0.4, 0.5) is 11.4 Å². The minimum absolute atomic E-state index is 0.207. The van der Waals surface area contributed by atoms with E-state index in [0.29, 0.717) is 24.3 Å². The fourth-order valence-corrected chi connectivity index (χ4v) is 7.26. The highest BCUT2D eigenvalue weighted by Gasteiger charge is 2.09. The van der Waals surface area contributed by atoms with Crippen LogP contribution < -0.4 is 18.9 Å². The van der Waals surface area contributed by atoms with Crippen LogP contribution >= 0.6 is 0 Å². The monoisotopic (exact) mass is 873 g/mol. The molecule has 8 nitrogen and oxygen atoms in total. The number of nitrogens with zero attached hydrogens (tertiary/aromatic N) is 2. The molecule has 4 rings (SSSR count).